The van der Waals surface area contributed by atoms with Crippen molar-refractivity contribution in [3.05, 3.63) is 65.0 Å². The molecule has 1 fully saturated rings. The van der Waals surface area contributed by atoms with Gasteiger partial charge >= 0.3 is 0 Å². The van der Waals surface area contributed by atoms with Crippen LogP contribution in [-0.2, 0) is 17.6 Å². The van der Waals surface area contributed by atoms with E-state index in [1.807, 2.05) is 11.0 Å². The molecule has 2 aliphatic rings. The minimum absolute atomic E-state index is 0.0864. The molecule has 2 aromatic carbocycles. The molecule has 1 atom stereocenters. The first-order valence-corrected chi connectivity index (χ1v) is 9.47. The highest BCUT2D eigenvalue weighted by Crippen LogP contribution is 2.34. The van der Waals surface area contributed by atoms with Crippen LogP contribution >= 0.6 is 0 Å². The molecule has 1 aromatic heterocycles. The van der Waals surface area contributed by atoms with Crippen molar-refractivity contribution in [2.75, 3.05) is 11.4 Å². The fraction of sp³-hybridized carbons (Fsp3) is 0.273. The summed E-state index contributed by atoms with van der Waals surface area (Å²) >= 11 is 0. The van der Waals surface area contributed by atoms with E-state index in [2.05, 4.69) is 28.3 Å². The lowest BCUT2D eigenvalue weighted by atomic mass is 10.1. The summed E-state index contributed by atoms with van der Waals surface area (Å²) < 4.78 is 5.40. The Morgan fingerprint density at radius 1 is 1.11 bits per heavy atom. The summed E-state index contributed by atoms with van der Waals surface area (Å²) in [6, 6.07) is 15.4. The van der Waals surface area contributed by atoms with Crippen molar-refractivity contribution in [3.8, 4) is 17.5 Å². The van der Waals surface area contributed by atoms with Gasteiger partial charge in [0.05, 0.1) is 11.6 Å². The number of aromatic nitrogens is 2. The van der Waals surface area contributed by atoms with Crippen LogP contribution in [0.3, 0.4) is 0 Å². The SMILES string of the molecule is N#Cc1ccc(-c2nc(C3CC(=O)N(c4ccc5c(c4)CCC5)C3)no2)cc1. The molecule has 3 aromatic rings. The van der Waals surface area contributed by atoms with Crippen molar-refractivity contribution < 1.29 is 9.32 Å². The van der Waals surface area contributed by atoms with Crippen LogP contribution in [0.4, 0.5) is 5.69 Å². The third kappa shape index (κ3) is 2.85. The molecule has 1 amide bonds. The van der Waals surface area contributed by atoms with E-state index in [4.69, 9.17) is 9.78 Å². The van der Waals surface area contributed by atoms with Gasteiger partial charge in [0.2, 0.25) is 5.91 Å². The van der Waals surface area contributed by atoms with Crippen molar-refractivity contribution in [2.24, 2.45) is 0 Å². The molecule has 28 heavy (non-hydrogen) atoms. The zero-order valence-electron chi connectivity index (χ0n) is 15.3. The molecule has 6 nitrogen and oxygen atoms in total. The van der Waals surface area contributed by atoms with Gasteiger partial charge in [-0.1, -0.05) is 11.2 Å². The number of benzene rings is 2. The number of carbonyl (C=O) groups is 1. The molecule has 2 heterocycles. The lowest BCUT2D eigenvalue weighted by molar-refractivity contribution is -0.117. The summed E-state index contributed by atoms with van der Waals surface area (Å²) in [6.45, 7) is 0.559. The Balaban J connectivity index is 1.36. The van der Waals surface area contributed by atoms with Crippen molar-refractivity contribution in [3.63, 3.8) is 0 Å². The van der Waals surface area contributed by atoms with Crippen molar-refractivity contribution in [1.82, 2.24) is 10.1 Å². The molecule has 0 spiro atoms. The number of nitriles is 1. The van der Waals surface area contributed by atoms with Gasteiger partial charge < -0.3 is 9.42 Å². The number of hydrogen-bond acceptors (Lipinski definition) is 5. The Bertz CT molecular complexity index is 1090. The molecule has 138 valence electrons. The molecule has 0 bridgehead atoms. The van der Waals surface area contributed by atoms with E-state index in [9.17, 15) is 4.79 Å². The van der Waals surface area contributed by atoms with Crippen LogP contribution in [0.2, 0.25) is 0 Å². The van der Waals surface area contributed by atoms with Gasteiger partial charge in [-0.25, -0.2) is 0 Å². The minimum atomic E-state index is -0.0864. The molecule has 0 N–H and O–H groups in total. The number of anilines is 1. The number of nitrogens with zero attached hydrogens (tertiary/aromatic N) is 4. The maximum atomic E-state index is 12.6. The highest BCUT2D eigenvalue weighted by atomic mass is 16.5. The summed E-state index contributed by atoms with van der Waals surface area (Å²) in [5.41, 5.74) is 5.06. The Kier molecular flexibility index (Phi) is 3.94. The second-order valence-corrected chi connectivity index (χ2v) is 7.36. The third-order valence-electron chi connectivity index (χ3n) is 5.59. The van der Waals surface area contributed by atoms with Crippen molar-refractivity contribution in [2.45, 2.75) is 31.6 Å². The van der Waals surface area contributed by atoms with E-state index in [1.165, 1.54) is 17.5 Å². The number of fused-ring (bicyclic) bond motifs is 1. The van der Waals surface area contributed by atoms with Crippen molar-refractivity contribution in [1.29, 1.82) is 5.26 Å². The molecule has 0 radical (unpaired) electrons. The van der Waals surface area contributed by atoms with E-state index in [-0.39, 0.29) is 11.8 Å². The number of hydrogen-bond donors (Lipinski definition) is 0. The molecule has 1 saturated heterocycles. The largest absolute Gasteiger partial charge is 0.334 e. The molecule has 1 aliphatic heterocycles. The van der Waals surface area contributed by atoms with Gasteiger partial charge in [-0.2, -0.15) is 10.2 Å². The van der Waals surface area contributed by atoms with Crippen LogP contribution in [-0.4, -0.2) is 22.6 Å². The highest BCUT2D eigenvalue weighted by Gasteiger charge is 2.35. The van der Waals surface area contributed by atoms with Gasteiger partial charge in [0, 0.05) is 30.1 Å². The van der Waals surface area contributed by atoms with Gasteiger partial charge in [0.25, 0.3) is 5.89 Å². The highest BCUT2D eigenvalue weighted by molar-refractivity contribution is 5.96. The van der Waals surface area contributed by atoms with Crippen molar-refractivity contribution >= 4 is 11.6 Å². The van der Waals surface area contributed by atoms with Crippen LogP contribution < -0.4 is 4.90 Å². The second kappa shape index (κ2) is 6.61. The summed E-state index contributed by atoms with van der Waals surface area (Å²) in [5.74, 6) is 0.962. The monoisotopic (exact) mass is 370 g/mol. The predicted octanol–water partition coefficient (Wildman–Crippen LogP) is 3.62. The van der Waals surface area contributed by atoms with Crippen LogP contribution in [0, 0.1) is 11.3 Å². The van der Waals surface area contributed by atoms with E-state index in [0.717, 1.165) is 24.1 Å². The van der Waals surface area contributed by atoms with Gasteiger partial charge in [-0.15, -0.1) is 0 Å². The predicted molar refractivity (Wildman–Crippen MR) is 103 cm³/mol. The Morgan fingerprint density at radius 2 is 1.93 bits per heavy atom. The maximum absolute atomic E-state index is 12.6. The average Bonchev–Trinajstić information content (AvgIpc) is 3.46. The topological polar surface area (TPSA) is 83.0 Å². The summed E-state index contributed by atoms with van der Waals surface area (Å²) in [5, 5.41) is 13.0. The third-order valence-corrected chi connectivity index (χ3v) is 5.59. The van der Waals surface area contributed by atoms with Gasteiger partial charge in [0.15, 0.2) is 5.82 Å². The quantitative estimate of drug-likeness (QED) is 0.703. The summed E-state index contributed by atoms with van der Waals surface area (Å²) in [4.78, 5) is 18.9. The molecular weight excluding hydrogens is 352 g/mol. The zero-order chi connectivity index (χ0) is 19.1. The standard InChI is InChI=1S/C22H18N4O2/c23-12-14-4-6-16(7-5-14)22-24-21(25-28-22)18-11-20(27)26(13-18)19-9-8-15-2-1-3-17(15)10-19/h4-10,18H,1-3,11,13H2. The number of rotatable bonds is 3. The fourth-order valence-corrected chi connectivity index (χ4v) is 4.06. The number of amides is 1. The molecule has 1 unspecified atom stereocenters. The first-order chi connectivity index (χ1) is 13.7. The second-order valence-electron chi connectivity index (χ2n) is 7.36. The van der Waals surface area contributed by atoms with Gasteiger partial charge in [-0.3, -0.25) is 4.79 Å². The van der Waals surface area contributed by atoms with E-state index < -0.39 is 0 Å². The first-order valence-electron chi connectivity index (χ1n) is 9.47. The smallest absolute Gasteiger partial charge is 0.257 e. The van der Waals surface area contributed by atoms with E-state index in [0.29, 0.717) is 30.2 Å². The normalized spacial score (nSPS) is 18.3. The minimum Gasteiger partial charge on any atom is -0.334 e. The van der Waals surface area contributed by atoms with Gasteiger partial charge in [-0.05, 0) is 66.8 Å². The van der Waals surface area contributed by atoms with E-state index >= 15 is 0 Å². The Labute approximate surface area is 162 Å². The Morgan fingerprint density at radius 3 is 2.75 bits per heavy atom. The van der Waals surface area contributed by atoms with Crippen LogP contribution in [0.5, 0.6) is 0 Å². The molecular formula is C22H18N4O2. The average molecular weight is 370 g/mol. The van der Waals surface area contributed by atoms with E-state index in [1.54, 1.807) is 24.3 Å². The van der Waals surface area contributed by atoms with Gasteiger partial charge in [0.1, 0.15) is 0 Å². The van der Waals surface area contributed by atoms with Crippen LogP contribution in [0.15, 0.2) is 47.0 Å². The molecule has 6 heteroatoms. The Hall–Kier alpha value is -3.46. The molecule has 0 saturated carbocycles. The summed E-state index contributed by atoms with van der Waals surface area (Å²) in [6.07, 6.45) is 3.79. The first kappa shape index (κ1) is 16.7. The van der Waals surface area contributed by atoms with Crippen LogP contribution in [0.25, 0.3) is 11.5 Å². The number of aryl methyl sites for hydroxylation is 2. The molecule has 1 aliphatic carbocycles. The summed E-state index contributed by atoms with van der Waals surface area (Å²) in [7, 11) is 0. The maximum Gasteiger partial charge on any atom is 0.257 e. The molecule has 5 rings (SSSR count). The number of carbonyl (C=O) groups excluding carboxylic acids is 1. The lowest BCUT2D eigenvalue weighted by Gasteiger charge is -2.17. The van der Waals surface area contributed by atoms with Crippen LogP contribution in [0.1, 0.15) is 41.3 Å². The lowest BCUT2D eigenvalue weighted by Crippen LogP contribution is -2.24. The zero-order valence-corrected chi connectivity index (χ0v) is 15.3. The fourth-order valence-electron chi connectivity index (χ4n) is 4.06.